The van der Waals surface area contributed by atoms with Crippen molar-refractivity contribution >= 4 is 0 Å². The number of hydrogen-bond acceptors (Lipinski definition) is 3. The lowest BCUT2D eigenvalue weighted by molar-refractivity contribution is 0.575. The van der Waals surface area contributed by atoms with Crippen LogP contribution >= 0.6 is 0 Å². The number of aryl methyl sites for hydroxylation is 1. The molecule has 2 atom stereocenters. The van der Waals surface area contributed by atoms with Gasteiger partial charge in [0.2, 0.25) is 0 Å². The summed E-state index contributed by atoms with van der Waals surface area (Å²) in [5.74, 6) is 0.443. The first kappa shape index (κ1) is 7.73. The molecule has 1 heterocycles. The van der Waals surface area contributed by atoms with Crippen LogP contribution in [0.15, 0.2) is 6.20 Å². The van der Waals surface area contributed by atoms with E-state index in [1.54, 1.807) is 4.80 Å². The number of hydrogen-bond donors (Lipinski definition) is 1. The first-order valence-corrected chi connectivity index (χ1v) is 4.39. The van der Waals surface area contributed by atoms with Crippen molar-refractivity contribution in [3.05, 3.63) is 11.9 Å². The predicted octanol–water partition coefficient (Wildman–Crippen LogP) is 0.410. The maximum absolute atomic E-state index is 5.94. The fourth-order valence-electron chi connectivity index (χ4n) is 1.89. The van der Waals surface area contributed by atoms with Gasteiger partial charge in [-0.3, -0.25) is 0 Å². The fraction of sp³-hybridized carbons (Fsp3) is 0.750. The first-order chi connectivity index (χ1) is 5.77. The van der Waals surface area contributed by atoms with Gasteiger partial charge in [0.05, 0.1) is 11.9 Å². The summed E-state index contributed by atoms with van der Waals surface area (Å²) in [7, 11) is 1.84. The zero-order chi connectivity index (χ0) is 8.55. The van der Waals surface area contributed by atoms with E-state index < -0.39 is 0 Å². The summed E-state index contributed by atoms with van der Waals surface area (Å²) >= 11 is 0. The van der Waals surface area contributed by atoms with Gasteiger partial charge in [0.15, 0.2) is 0 Å². The maximum Gasteiger partial charge on any atom is 0.0873 e. The van der Waals surface area contributed by atoms with Crippen LogP contribution in [0.25, 0.3) is 0 Å². The van der Waals surface area contributed by atoms with Crippen molar-refractivity contribution in [2.45, 2.75) is 31.2 Å². The summed E-state index contributed by atoms with van der Waals surface area (Å²) in [4.78, 5) is 1.60. The highest BCUT2D eigenvalue weighted by Crippen LogP contribution is 2.31. The van der Waals surface area contributed by atoms with Crippen molar-refractivity contribution in [2.75, 3.05) is 0 Å². The van der Waals surface area contributed by atoms with Crippen LogP contribution < -0.4 is 5.73 Å². The van der Waals surface area contributed by atoms with Crippen molar-refractivity contribution in [3.63, 3.8) is 0 Å². The maximum atomic E-state index is 5.94. The summed E-state index contributed by atoms with van der Waals surface area (Å²) < 4.78 is 0. The van der Waals surface area contributed by atoms with E-state index in [1.165, 1.54) is 12.8 Å². The van der Waals surface area contributed by atoms with Gasteiger partial charge in [-0.2, -0.15) is 15.0 Å². The Morgan fingerprint density at radius 2 is 2.42 bits per heavy atom. The molecule has 0 spiro atoms. The molecule has 1 saturated carbocycles. The van der Waals surface area contributed by atoms with Crippen LogP contribution in [-0.2, 0) is 7.05 Å². The Hall–Kier alpha value is -0.900. The Kier molecular flexibility index (Phi) is 1.84. The minimum atomic E-state index is 0.293. The van der Waals surface area contributed by atoms with Gasteiger partial charge < -0.3 is 5.73 Å². The Morgan fingerprint density at radius 3 is 2.92 bits per heavy atom. The molecule has 0 bridgehead atoms. The SMILES string of the molecule is Cn1ncc(C2CCCC2N)n1. The molecule has 4 nitrogen and oxygen atoms in total. The lowest BCUT2D eigenvalue weighted by atomic mass is 10.0. The lowest BCUT2D eigenvalue weighted by Gasteiger charge is -2.10. The predicted molar refractivity (Wildman–Crippen MR) is 45.6 cm³/mol. The quantitative estimate of drug-likeness (QED) is 0.657. The molecular weight excluding hydrogens is 152 g/mol. The second kappa shape index (κ2) is 2.86. The second-order valence-electron chi connectivity index (χ2n) is 3.46. The molecule has 2 N–H and O–H groups in total. The van der Waals surface area contributed by atoms with Gasteiger partial charge in [0.25, 0.3) is 0 Å². The normalized spacial score (nSPS) is 29.5. The lowest BCUT2D eigenvalue weighted by Crippen LogP contribution is -2.23. The van der Waals surface area contributed by atoms with Crippen LogP contribution in [-0.4, -0.2) is 21.0 Å². The molecule has 0 aliphatic heterocycles. The van der Waals surface area contributed by atoms with E-state index in [0.717, 1.165) is 12.1 Å². The summed E-state index contributed by atoms with van der Waals surface area (Å²) in [6, 6.07) is 0.293. The molecule has 1 fully saturated rings. The first-order valence-electron chi connectivity index (χ1n) is 4.39. The highest BCUT2D eigenvalue weighted by molar-refractivity contribution is 5.07. The largest absolute Gasteiger partial charge is 0.327 e. The van der Waals surface area contributed by atoms with Gasteiger partial charge >= 0.3 is 0 Å². The van der Waals surface area contributed by atoms with Crippen LogP contribution in [0.4, 0.5) is 0 Å². The van der Waals surface area contributed by atoms with E-state index in [9.17, 15) is 0 Å². The van der Waals surface area contributed by atoms with E-state index in [2.05, 4.69) is 10.2 Å². The number of nitrogens with two attached hydrogens (primary N) is 1. The molecule has 0 radical (unpaired) electrons. The van der Waals surface area contributed by atoms with E-state index in [4.69, 9.17) is 5.73 Å². The number of rotatable bonds is 1. The Bertz CT molecular complexity index is 268. The molecule has 1 aromatic rings. The van der Waals surface area contributed by atoms with Gasteiger partial charge in [-0.25, -0.2) is 0 Å². The standard InChI is InChI=1S/C8H14N4/c1-12-10-5-8(11-12)6-3-2-4-7(6)9/h5-7H,2-4,9H2,1H3. The summed E-state index contributed by atoms with van der Waals surface area (Å²) in [6.07, 6.45) is 5.35. The van der Waals surface area contributed by atoms with E-state index >= 15 is 0 Å². The van der Waals surface area contributed by atoms with Crippen LogP contribution in [0.3, 0.4) is 0 Å². The van der Waals surface area contributed by atoms with Gasteiger partial charge in [-0.1, -0.05) is 6.42 Å². The van der Waals surface area contributed by atoms with Crippen LogP contribution in [0.5, 0.6) is 0 Å². The molecule has 2 rings (SSSR count). The Morgan fingerprint density at radius 1 is 1.58 bits per heavy atom. The van der Waals surface area contributed by atoms with Crippen molar-refractivity contribution in [1.82, 2.24) is 15.0 Å². The highest BCUT2D eigenvalue weighted by Gasteiger charge is 2.27. The van der Waals surface area contributed by atoms with Gasteiger partial charge in [0.1, 0.15) is 0 Å². The summed E-state index contributed by atoms with van der Waals surface area (Å²) in [5.41, 5.74) is 7.00. The molecular formula is C8H14N4. The van der Waals surface area contributed by atoms with E-state index in [1.807, 2.05) is 13.2 Å². The minimum Gasteiger partial charge on any atom is -0.327 e. The summed E-state index contributed by atoms with van der Waals surface area (Å²) in [6.45, 7) is 0. The molecule has 12 heavy (non-hydrogen) atoms. The third-order valence-corrected chi connectivity index (χ3v) is 2.57. The monoisotopic (exact) mass is 166 g/mol. The van der Waals surface area contributed by atoms with Gasteiger partial charge in [0, 0.05) is 19.0 Å². The molecule has 1 aliphatic rings. The van der Waals surface area contributed by atoms with Crippen molar-refractivity contribution in [3.8, 4) is 0 Å². The van der Waals surface area contributed by atoms with Gasteiger partial charge in [-0.15, -0.1) is 0 Å². The third-order valence-electron chi connectivity index (χ3n) is 2.57. The minimum absolute atomic E-state index is 0.293. The zero-order valence-electron chi connectivity index (χ0n) is 7.27. The van der Waals surface area contributed by atoms with Crippen LogP contribution in [0, 0.1) is 0 Å². The third kappa shape index (κ3) is 1.22. The van der Waals surface area contributed by atoms with Crippen molar-refractivity contribution in [1.29, 1.82) is 0 Å². The van der Waals surface area contributed by atoms with E-state index in [-0.39, 0.29) is 0 Å². The summed E-state index contributed by atoms with van der Waals surface area (Å²) in [5, 5.41) is 8.31. The van der Waals surface area contributed by atoms with Crippen LogP contribution in [0.2, 0.25) is 0 Å². The molecule has 1 aromatic heterocycles. The molecule has 1 aliphatic carbocycles. The average Bonchev–Trinajstić information content (AvgIpc) is 2.58. The topological polar surface area (TPSA) is 56.7 Å². The number of aromatic nitrogens is 3. The van der Waals surface area contributed by atoms with E-state index in [0.29, 0.717) is 12.0 Å². The number of nitrogens with zero attached hydrogens (tertiary/aromatic N) is 3. The zero-order valence-corrected chi connectivity index (χ0v) is 7.27. The Labute approximate surface area is 71.8 Å². The highest BCUT2D eigenvalue weighted by atomic mass is 15.4. The van der Waals surface area contributed by atoms with Gasteiger partial charge in [-0.05, 0) is 12.8 Å². The molecule has 4 heteroatoms. The second-order valence-corrected chi connectivity index (χ2v) is 3.46. The molecule has 2 unspecified atom stereocenters. The van der Waals surface area contributed by atoms with Crippen molar-refractivity contribution in [2.24, 2.45) is 12.8 Å². The molecule has 0 amide bonds. The molecule has 66 valence electrons. The smallest absolute Gasteiger partial charge is 0.0873 e. The molecule has 0 saturated heterocycles. The fourth-order valence-corrected chi connectivity index (χ4v) is 1.89. The van der Waals surface area contributed by atoms with Crippen molar-refractivity contribution < 1.29 is 0 Å². The van der Waals surface area contributed by atoms with Crippen LogP contribution in [0.1, 0.15) is 30.9 Å². The molecule has 0 aromatic carbocycles. The Balaban J connectivity index is 2.19. The average molecular weight is 166 g/mol.